The van der Waals surface area contributed by atoms with Crippen LogP contribution in [0.2, 0.25) is 0 Å². The van der Waals surface area contributed by atoms with Gasteiger partial charge in [-0.2, -0.15) is 0 Å². The fourth-order valence-electron chi connectivity index (χ4n) is 3.35. The predicted molar refractivity (Wildman–Crippen MR) is 116 cm³/mol. The molecule has 144 valence electrons. The Bertz CT molecular complexity index is 969. The van der Waals surface area contributed by atoms with Crippen LogP contribution >= 0.6 is 27.3 Å². The Kier molecular flexibility index (Phi) is 6.07. The molecule has 0 bridgehead atoms. The van der Waals surface area contributed by atoms with Gasteiger partial charge in [-0.3, -0.25) is 10.1 Å². The lowest BCUT2D eigenvalue weighted by molar-refractivity contribution is -0.118. The number of benzene rings is 2. The first kappa shape index (κ1) is 19.2. The number of carbonyl (C=O) groups excluding carboxylic acids is 1. The van der Waals surface area contributed by atoms with Gasteiger partial charge in [0.2, 0.25) is 0 Å². The highest BCUT2D eigenvalue weighted by Crippen LogP contribution is 2.26. The number of fused-ring (bicyclic) bond motifs is 1. The SMILES string of the molecule is O=C(COc1ccc2c(c1)CCCC2)Nc1ncc(Cc2ccc(Br)cc2)s1. The molecule has 1 aliphatic rings. The molecule has 0 aliphatic heterocycles. The van der Waals surface area contributed by atoms with Crippen LogP contribution in [0.4, 0.5) is 5.13 Å². The minimum atomic E-state index is -0.192. The highest BCUT2D eigenvalue weighted by atomic mass is 79.9. The van der Waals surface area contributed by atoms with Gasteiger partial charge in [-0.25, -0.2) is 4.98 Å². The molecule has 3 aromatic rings. The number of carbonyl (C=O) groups is 1. The van der Waals surface area contributed by atoms with E-state index in [0.29, 0.717) is 5.13 Å². The number of anilines is 1. The lowest BCUT2D eigenvalue weighted by atomic mass is 9.92. The molecular formula is C22H21BrN2O2S. The minimum absolute atomic E-state index is 0.0135. The smallest absolute Gasteiger partial charge is 0.264 e. The van der Waals surface area contributed by atoms with Crippen molar-refractivity contribution < 1.29 is 9.53 Å². The third-order valence-electron chi connectivity index (χ3n) is 4.78. The molecule has 1 aromatic heterocycles. The summed E-state index contributed by atoms with van der Waals surface area (Å²) >= 11 is 4.93. The number of ether oxygens (including phenoxy) is 1. The van der Waals surface area contributed by atoms with E-state index in [9.17, 15) is 4.79 Å². The highest BCUT2D eigenvalue weighted by Gasteiger charge is 2.12. The van der Waals surface area contributed by atoms with Crippen LogP contribution in [0, 0.1) is 0 Å². The van der Waals surface area contributed by atoms with Gasteiger partial charge in [0.15, 0.2) is 11.7 Å². The van der Waals surface area contributed by atoms with Crippen LogP contribution in [0.1, 0.15) is 34.4 Å². The van der Waals surface area contributed by atoms with Crippen molar-refractivity contribution in [3.8, 4) is 5.75 Å². The second-order valence-electron chi connectivity index (χ2n) is 6.91. The Morgan fingerprint density at radius 3 is 2.71 bits per heavy atom. The van der Waals surface area contributed by atoms with E-state index in [1.54, 1.807) is 0 Å². The van der Waals surface area contributed by atoms with E-state index in [4.69, 9.17) is 4.74 Å². The number of halogens is 1. The van der Waals surface area contributed by atoms with Crippen LogP contribution in [0.3, 0.4) is 0 Å². The number of aromatic nitrogens is 1. The summed E-state index contributed by atoms with van der Waals surface area (Å²) in [6.07, 6.45) is 7.33. The van der Waals surface area contributed by atoms with Crippen LogP contribution < -0.4 is 10.1 Å². The van der Waals surface area contributed by atoms with E-state index in [1.165, 1.54) is 40.9 Å². The number of aryl methyl sites for hydroxylation is 2. The monoisotopic (exact) mass is 456 g/mol. The molecule has 4 rings (SSSR count). The third-order valence-corrected chi connectivity index (χ3v) is 6.22. The summed E-state index contributed by atoms with van der Waals surface area (Å²) in [4.78, 5) is 17.6. The first-order valence-electron chi connectivity index (χ1n) is 9.39. The maximum atomic E-state index is 12.2. The average molecular weight is 457 g/mol. The first-order chi connectivity index (χ1) is 13.7. The summed E-state index contributed by atoms with van der Waals surface area (Å²) < 4.78 is 6.74. The van der Waals surface area contributed by atoms with E-state index < -0.39 is 0 Å². The molecule has 0 saturated heterocycles. The lowest BCUT2D eigenvalue weighted by Gasteiger charge is -2.16. The van der Waals surface area contributed by atoms with Gasteiger partial charge in [0.1, 0.15) is 5.75 Å². The molecule has 2 aromatic carbocycles. The van der Waals surface area contributed by atoms with Crippen molar-refractivity contribution >= 4 is 38.3 Å². The van der Waals surface area contributed by atoms with Crippen molar-refractivity contribution in [2.75, 3.05) is 11.9 Å². The minimum Gasteiger partial charge on any atom is -0.484 e. The van der Waals surface area contributed by atoms with E-state index in [-0.39, 0.29) is 12.5 Å². The highest BCUT2D eigenvalue weighted by molar-refractivity contribution is 9.10. The molecule has 0 saturated carbocycles. The molecule has 1 N–H and O–H groups in total. The number of amides is 1. The van der Waals surface area contributed by atoms with Crippen molar-refractivity contribution in [1.82, 2.24) is 4.98 Å². The summed E-state index contributed by atoms with van der Waals surface area (Å²) in [5.74, 6) is 0.563. The van der Waals surface area contributed by atoms with Crippen molar-refractivity contribution in [3.05, 3.63) is 74.7 Å². The third kappa shape index (κ3) is 5.00. The average Bonchev–Trinajstić information content (AvgIpc) is 3.14. The Balaban J connectivity index is 1.29. The summed E-state index contributed by atoms with van der Waals surface area (Å²) in [6, 6.07) is 14.4. The van der Waals surface area contributed by atoms with E-state index in [2.05, 4.69) is 50.5 Å². The van der Waals surface area contributed by atoms with Crippen LogP contribution in [0.25, 0.3) is 0 Å². The Morgan fingerprint density at radius 2 is 1.89 bits per heavy atom. The summed E-state index contributed by atoms with van der Waals surface area (Å²) in [5.41, 5.74) is 3.96. The lowest BCUT2D eigenvalue weighted by Crippen LogP contribution is -2.20. The first-order valence-corrected chi connectivity index (χ1v) is 11.0. The number of nitrogens with one attached hydrogen (secondary N) is 1. The molecule has 4 nitrogen and oxygen atoms in total. The number of hydrogen-bond acceptors (Lipinski definition) is 4. The zero-order valence-corrected chi connectivity index (χ0v) is 17.8. The van der Waals surface area contributed by atoms with Gasteiger partial charge in [0, 0.05) is 22.0 Å². The molecule has 1 amide bonds. The molecule has 0 radical (unpaired) electrons. The standard InChI is InChI=1S/C22H21BrN2O2S/c23-18-8-5-15(6-9-18)11-20-13-24-22(28-20)25-21(26)14-27-19-10-7-16-3-1-2-4-17(16)12-19/h5-10,12-13H,1-4,11,14H2,(H,24,25,26). The molecule has 0 atom stereocenters. The van der Waals surface area contributed by atoms with E-state index in [0.717, 1.165) is 34.4 Å². The second-order valence-corrected chi connectivity index (χ2v) is 8.94. The quantitative estimate of drug-likeness (QED) is 0.540. The molecule has 0 fully saturated rings. The number of nitrogens with zero attached hydrogens (tertiary/aromatic N) is 1. The van der Waals surface area contributed by atoms with Gasteiger partial charge in [-0.1, -0.05) is 34.1 Å². The van der Waals surface area contributed by atoms with Gasteiger partial charge in [-0.15, -0.1) is 11.3 Å². The molecule has 0 spiro atoms. The zero-order valence-electron chi connectivity index (χ0n) is 15.4. The molecule has 28 heavy (non-hydrogen) atoms. The summed E-state index contributed by atoms with van der Waals surface area (Å²) in [5, 5.41) is 3.43. The zero-order chi connectivity index (χ0) is 19.3. The Morgan fingerprint density at radius 1 is 1.11 bits per heavy atom. The van der Waals surface area contributed by atoms with Crippen molar-refractivity contribution in [2.45, 2.75) is 32.1 Å². The van der Waals surface area contributed by atoms with Crippen LogP contribution in [0.15, 0.2) is 53.1 Å². The van der Waals surface area contributed by atoms with Gasteiger partial charge >= 0.3 is 0 Å². The van der Waals surface area contributed by atoms with Crippen LogP contribution in [0.5, 0.6) is 5.75 Å². The normalized spacial score (nSPS) is 13.0. The molecule has 0 unspecified atom stereocenters. The van der Waals surface area contributed by atoms with E-state index >= 15 is 0 Å². The second kappa shape index (κ2) is 8.88. The van der Waals surface area contributed by atoms with Crippen LogP contribution in [-0.4, -0.2) is 17.5 Å². The fourth-order valence-corrected chi connectivity index (χ4v) is 4.48. The molecule has 1 heterocycles. The Labute approximate surface area is 177 Å². The summed E-state index contributed by atoms with van der Waals surface area (Å²) in [6.45, 7) is -0.0135. The van der Waals surface area contributed by atoms with Gasteiger partial charge in [0.25, 0.3) is 5.91 Å². The molecule has 6 heteroatoms. The number of thiazole rings is 1. The molecule has 1 aliphatic carbocycles. The number of hydrogen-bond donors (Lipinski definition) is 1. The van der Waals surface area contributed by atoms with Gasteiger partial charge in [0.05, 0.1) is 0 Å². The van der Waals surface area contributed by atoms with Crippen molar-refractivity contribution in [1.29, 1.82) is 0 Å². The van der Waals surface area contributed by atoms with Crippen molar-refractivity contribution in [2.24, 2.45) is 0 Å². The van der Waals surface area contributed by atoms with E-state index in [1.807, 2.05) is 24.4 Å². The maximum absolute atomic E-state index is 12.2. The Hall–Kier alpha value is -2.18. The summed E-state index contributed by atoms with van der Waals surface area (Å²) in [7, 11) is 0. The van der Waals surface area contributed by atoms with Gasteiger partial charge in [-0.05, 0) is 66.6 Å². The topological polar surface area (TPSA) is 51.2 Å². The van der Waals surface area contributed by atoms with Gasteiger partial charge < -0.3 is 4.74 Å². The predicted octanol–water partition coefficient (Wildman–Crippen LogP) is 5.39. The molecular weight excluding hydrogens is 436 g/mol. The maximum Gasteiger partial charge on any atom is 0.264 e. The number of rotatable bonds is 6. The van der Waals surface area contributed by atoms with Crippen molar-refractivity contribution in [3.63, 3.8) is 0 Å². The fraction of sp³-hybridized carbons (Fsp3) is 0.273. The largest absolute Gasteiger partial charge is 0.484 e. The van der Waals surface area contributed by atoms with Crippen LogP contribution in [-0.2, 0) is 24.1 Å².